The molecule has 0 amide bonds. The minimum atomic E-state index is 0.654. The first-order valence-corrected chi connectivity index (χ1v) is 8.09. The first-order chi connectivity index (χ1) is 9.23. The quantitative estimate of drug-likeness (QED) is 0.886. The Morgan fingerprint density at radius 1 is 1.21 bits per heavy atom. The minimum absolute atomic E-state index is 0.654. The zero-order valence-electron chi connectivity index (χ0n) is 12.0. The van der Waals surface area contributed by atoms with Gasteiger partial charge >= 0.3 is 0 Å². The van der Waals surface area contributed by atoms with E-state index in [2.05, 4.69) is 18.3 Å². The molecule has 5 rings (SSSR count). The molecule has 2 N–H and O–H groups in total. The molecule has 1 aromatic rings. The summed E-state index contributed by atoms with van der Waals surface area (Å²) in [5.41, 5.74) is 0.654. The van der Waals surface area contributed by atoms with Gasteiger partial charge < -0.3 is 9.73 Å². The fourth-order valence-corrected chi connectivity index (χ4v) is 5.71. The average Bonchev–Trinajstić information content (AvgIpc) is 2.87. The molecular formula is C17H26NO+. The number of nitrogens with two attached hydrogens (primary N) is 1. The van der Waals surface area contributed by atoms with Crippen molar-refractivity contribution in [1.82, 2.24) is 0 Å². The lowest BCUT2D eigenvalue weighted by Gasteiger charge is -2.57. The van der Waals surface area contributed by atoms with Gasteiger partial charge in [-0.15, -0.1) is 0 Å². The molecule has 0 spiro atoms. The van der Waals surface area contributed by atoms with E-state index in [0.717, 1.165) is 36.1 Å². The van der Waals surface area contributed by atoms with Crippen LogP contribution < -0.4 is 5.32 Å². The summed E-state index contributed by atoms with van der Waals surface area (Å²) in [6, 6.07) is 4.85. The summed E-state index contributed by atoms with van der Waals surface area (Å²) in [5.74, 6) is 4.30. The second-order valence-corrected chi connectivity index (χ2v) is 7.59. The van der Waals surface area contributed by atoms with Crippen LogP contribution in [0.15, 0.2) is 22.8 Å². The monoisotopic (exact) mass is 260 g/mol. The Kier molecular flexibility index (Phi) is 2.77. The van der Waals surface area contributed by atoms with Gasteiger partial charge in [0, 0.05) is 5.41 Å². The van der Waals surface area contributed by atoms with Gasteiger partial charge in [-0.2, -0.15) is 0 Å². The van der Waals surface area contributed by atoms with E-state index in [0.29, 0.717) is 5.41 Å². The first kappa shape index (κ1) is 12.0. The maximum absolute atomic E-state index is 5.47. The zero-order chi connectivity index (χ0) is 12.9. The van der Waals surface area contributed by atoms with Crippen molar-refractivity contribution in [2.75, 3.05) is 0 Å². The van der Waals surface area contributed by atoms with Gasteiger partial charge in [0.2, 0.25) is 0 Å². The number of furan rings is 1. The fraction of sp³-hybridized carbons (Fsp3) is 0.765. The topological polar surface area (TPSA) is 29.8 Å². The van der Waals surface area contributed by atoms with Crippen LogP contribution in [0.2, 0.25) is 0 Å². The average molecular weight is 260 g/mol. The van der Waals surface area contributed by atoms with E-state index in [4.69, 9.17) is 4.42 Å². The molecule has 1 heterocycles. The molecule has 0 aromatic carbocycles. The summed E-state index contributed by atoms with van der Waals surface area (Å²) in [6.45, 7) is 3.48. The Hall–Kier alpha value is -0.760. The summed E-state index contributed by atoms with van der Waals surface area (Å²) >= 11 is 0. The maximum atomic E-state index is 5.47. The summed E-state index contributed by atoms with van der Waals surface area (Å²) in [7, 11) is 0. The highest BCUT2D eigenvalue weighted by Gasteiger charge is 2.54. The van der Waals surface area contributed by atoms with E-state index in [9.17, 15) is 0 Å². The van der Waals surface area contributed by atoms with E-state index in [1.54, 1.807) is 25.5 Å². The molecular weight excluding hydrogens is 234 g/mol. The zero-order valence-corrected chi connectivity index (χ0v) is 12.0. The van der Waals surface area contributed by atoms with Crippen LogP contribution >= 0.6 is 0 Å². The Labute approximate surface area is 116 Å². The fourth-order valence-electron chi connectivity index (χ4n) is 5.71. The number of rotatable bonds is 4. The van der Waals surface area contributed by atoms with Crippen LogP contribution in [0.3, 0.4) is 0 Å². The Morgan fingerprint density at radius 2 is 1.84 bits per heavy atom. The van der Waals surface area contributed by atoms with Crippen LogP contribution in [0.5, 0.6) is 0 Å². The molecule has 4 bridgehead atoms. The third-order valence-corrected chi connectivity index (χ3v) is 6.30. The number of hydrogen-bond acceptors (Lipinski definition) is 1. The van der Waals surface area contributed by atoms with Crippen molar-refractivity contribution in [1.29, 1.82) is 0 Å². The molecule has 4 saturated carbocycles. The van der Waals surface area contributed by atoms with Crippen LogP contribution in [0, 0.1) is 23.2 Å². The van der Waals surface area contributed by atoms with Crippen LogP contribution in [-0.4, -0.2) is 6.04 Å². The second kappa shape index (κ2) is 4.37. The molecule has 4 aliphatic rings. The molecule has 0 unspecified atom stereocenters. The van der Waals surface area contributed by atoms with Crippen LogP contribution in [0.1, 0.15) is 51.2 Å². The van der Waals surface area contributed by atoms with Gasteiger partial charge in [-0.3, -0.25) is 0 Å². The van der Waals surface area contributed by atoms with Crippen molar-refractivity contribution in [3.8, 4) is 0 Å². The molecule has 0 saturated heterocycles. The third kappa shape index (κ3) is 2.05. The van der Waals surface area contributed by atoms with Crippen molar-refractivity contribution in [3.05, 3.63) is 24.2 Å². The standard InChI is InChI=1S/C17H25NO/c1-12(18-11-16-3-2-4-19-16)17-8-13-5-14(9-17)7-15(6-13)10-17/h2-4,12-15,18H,5-11H2,1H3/p+1/t12-,13?,14?,15?,17?/m0/s1. The predicted octanol–water partition coefficient (Wildman–Crippen LogP) is 2.95. The highest BCUT2D eigenvalue weighted by Crippen LogP contribution is 2.60. The molecule has 4 aliphatic carbocycles. The molecule has 19 heavy (non-hydrogen) atoms. The highest BCUT2D eigenvalue weighted by molar-refractivity contribution is 5.03. The lowest BCUT2D eigenvalue weighted by Crippen LogP contribution is -2.91. The third-order valence-electron chi connectivity index (χ3n) is 6.30. The maximum Gasteiger partial charge on any atom is 0.157 e. The van der Waals surface area contributed by atoms with E-state index < -0.39 is 0 Å². The van der Waals surface area contributed by atoms with Crippen LogP contribution in [0.25, 0.3) is 0 Å². The van der Waals surface area contributed by atoms with Gasteiger partial charge in [-0.05, 0) is 75.3 Å². The van der Waals surface area contributed by atoms with Crippen molar-refractivity contribution in [2.45, 2.75) is 58.0 Å². The van der Waals surface area contributed by atoms with Crippen LogP contribution in [0.4, 0.5) is 0 Å². The Morgan fingerprint density at radius 3 is 2.37 bits per heavy atom. The van der Waals surface area contributed by atoms with Gasteiger partial charge in [0.25, 0.3) is 0 Å². The summed E-state index contributed by atoms with van der Waals surface area (Å²) < 4.78 is 5.47. The largest absolute Gasteiger partial charge is 0.463 e. The predicted molar refractivity (Wildman–Crippen MR) is 74.4 cm³/mol. The van der Waals surface area contributed by atoms with E-state index in [-0.39, 0.29) is 0 Å². The van der Waals surface area contributed by atoms with Gasteiger partial charge in [0.15, 0.2) is 5.76 Å². The smallest absolute Gasteiger partial charge is 0.157 e. The second-order valence-electron chi connectivity index (χ2n) is 7.59. The highest BCUT2D eigenvalue weighted by atomic mass is 16.3. The summed E-state index contributed by atoms with van der Waals surface area (Å²) in [6.07, 6.45) is 11.0. The number of quaternary nitrogens is 1. The summed E-state index contributed by atoms with van der Waals surface area (Å²) in [4.78, 5) is 0. The van der Waals surface area contributed by atoms with Gasteiger partial charge in [0.1, 0.15) is 6.54 Å². The van der Waals surface area contributed by atoms with E-state index in [1.807, 2.05) is 6.07 Å². The molecule has 1 aromatic heterocycles. The normalized spacial score (nSPS) is 41.6. The lowest BCUT2D eigenvalue weighted by atomic mass is 9.48. The SMILES string of the molecule is C[C@H]([NH2+]Cc1ccco1)C12CC3CC(CC(C3)C1)C2. The van der Waals surface area contributed by atoms with Crippen molar-refractivity contribution in [2.24, 2.45) is 23.2 Å². The molecule has 2 nitrogen and oxygen atoms in total. The molecule has 0 radical (unpaired) electrons. The van der Waals surface area contributed by atoms with Crippen molar-refractivity contribution >= 4 is 0 Å². The first-order valence-electron chi connectivity index (χ1n) is 8.09. The van der Waals surface area contributed by atoms with Crippen molar-refractivity contribution in [3.63, 3.8) is 0 Å². The van der Waals surface area contributed by atoms with Gasteiger partial charge in [-0.25, -0.2) is 0 Å². The number of hydrogen-bond donors (Lipinski definition) is 1. The van der Waals surface area contributed by atoms with Gasteiger partial charge in [-0.1, -0.05) is 0 Å². The molecule has 4 fully saturated rings. The molecule has 104 valence electrons. The lowest BCUT2D eigenvalue weighted by molar-refractivity contribution is -0.718. The van der Waals surface area contributed by atoms with Crippen LogP contribution in [-0.2, 0) is 6.54 Å². The van der Waals surface area contributed by atoms with Gasteiger partial charge in [0.05, 0.1) is 12.3 Å². The molecule has 0 aliphatic heterocycles. The molecule has 1 atom stereocenters. The van der Waals surface area contributed by atoms with E-state index >= 15 is 0 Å². The molecule has 2 heteroatoms. The minimum Gasteiger partial charge on any atom is -0.463 e. The van der Waals surface area contributed by atoms with Crippen molar-refractivity contribution < 1.29 is 9.73 Å². The summed E-state index contributed by atoms with van der Waals surface area (Å²) in [5, 5.41) is 2.53. The Bertz CT molecular complexity index is 401. The van der Waals surface area contributed by atoms with E-state index in [1.165, 1.54) is 19.3 Å². The Balaban J connectivity index is 1.45.